The van der Waals surface area contributed by atoms with Crippen LogP contribution in [0.4, 0.5) is 0 Å². The number of carbonyl (C=O) groups is 1. The molecule has 5 heteroatoms. The van der Waals surface area contributed by atoms with Crippen LogP contribution in [0.25, 0.3) is 16.8 Å². The Kier molecular flexibility index (Phi) is 3.64. The fourth-order valence-electron chi connectivity index (χ4n) is 3.24. The van der Waals surface area contributed by atoms with Gasteiger partial charge in [0.05, 0.1) is 0 Å². The summed E-state index contributed by atoms with van der Waals surface area (Å²) in [7, 11) is 0. The van der Waals surface area contributed by atoms with Gasteiger partial charge in [-0.25, -0.2) is 9.79 Å². The summed E-state index contributed by atoms with van der Waals surface area (Å²) >= 11 is 0. The van der Waals surface area contributed by atoms with Crippen molar-refractivity contribution in [3.63, 3.8) is 0 Å². The average molecular weight is 357 g/mol. The molecule has 3 aromatic rings. The number of cyclic esters (lactones) is 1. The van der Waals surface area contributed by atoms with Crippen molar-refractivity contribution in [2.45, 2.75) is 0 Å². The Labute approximate surface area is 155 Å². The number of esters is 1. The molecule has 0 radical (unpaired) electrons. The van der Waals surface area contributed by atoms with E-state index >= 15 is 0 Å². The number of hydrogen-bond donors (Lipinski definition) is 0. The van der Waals surface area contributed by atoms with Gasteiger partial charge in [0.1, 0.15) is 13.2 Å². The SMILES string of the molecule is O=C1OC(c2cccc3ccccc23)=NC1=Cc1ccc2c(c1)OCCO2. The van der Waals surface area contributed by atoms with Crippen molar-refractivity contribution < 1.29 is 19.0 Å². The van der Waals surface area contributed by atoms with E-state index in [1.165, 1.54) is 0 Å². The topological polar surface area (TPSA) is 57.1 Å². The Balaban J connectivity index is 1.53. The molecule has 0 saturated carbocycles. The third-order valence-electron chi connectivity index (χ3n) is 4.51. The predicted molar refractivity (Wildman–Crippen MR) is 102 cm³/mol. The fourth-order valence-corrected chi connectivity index (χ4v) is 3.24. The van der Waals surface area contributed by atoms with Crippen LogP contribution in [0.2, 0.25) is 0 Å². The summed E-state index contributed by atoms with van der Waals surface area (Å²) in [6, 6.07) is 19.3. The van der Waals surface area contributed by atoms with E-state index in [0.29, 0.717) is 30.6 Å². The van der Waals surface area contributed by atoms with Crippen molar-refractivity contribution in [3.05, 3.63) is 77.5 Å². The monoisotopic (exact) mass is 357 g/mol. The van der Waals surface area contributed by atoms with Crippen molar-refractivity contribution >= 4 is 28.7 Å². The summed E-state index contributed by atoms with van der Waals surface area (Å²) in [6.45, 7) is 1.05. The van der Waals surface area contributed by atoms with E-state index in [1.54, 1.807) is 6.08 Å². The maximum Gasteiger partial charge on any atom is 0.363 e. The molecular formula is C22H15NO4. The molecule has 2 aliphatic heterocycles. The van der Waals surface area contributed by atoms with Crippen molar-refractivity contribution in [3.8, 4) is 11.5 Å². The lowest BCUT2D eigenvalue weighted by atomic mass is 10.0. The molecule has 0 spiro atoms. The number of ether oxygens (including phenoxy) is 3. The molecular weight excluding hydrogens is 342 g/mol. The first-order valence-corrected chi connectivity index (χ1v) is 8.68. The van der Waals surface area contributed by atoms with E-state index in [4.69, 9.17) is 14.2 Å². The van der Waals surface area contributed by atoms with Gasteiger partial charge in [-0.05, 0) is 40.6 Å². The maximum atomic E-state index is 12.3. The van der Waals surface area contributed by atoms with Gasteiger partial charge < -0.3 is 14.2 Å². The molecule has 27 heavy (non-hydrogen) atoms. The Morgan fingerprint density at radius 2 is 1.70 bits per heavy atom. The molecule has 0 aromatic heterocycles. The summed E-state index contributed by atoms with van der Waals surface area (Å²) in [4.78, 5) is 16.8. The smallest absolute Gasteiger partial charge is 0.363 e. The second-order valence-electron chi connectivity index (χ2n) is 6.27. The quantitative estimate of drug-likeness (QED) is 0.515. The molecule has 5 nitrogen and oxygen atoms in total. The van der Waals surface area contributed by atoms with E-state index in [-0.39, 0.29) is 5.70 Å². The van der Waals surface area contributed by atoms with Gasteiger partial charge >= 0.3 is 5.97 Å². The molecule has 0 unspecified atom stereocenters. The van der Waals surface area contributed by atoms with Crippen LogP contribution in [0, 0.1) is 0 Å². The third-order valence-corrected chi connectivity index (χ3v) is 4.51. The van der Waals surface area contributed by atoms with Gasteiger partial charge in [-0.1, -0.05) is 42.5 Å². The first kappa shape index (κ1) is 15.6. The summed E-state index contributed by atoms with van der Waals surface area (Å²) in [6.07, 6.45) is 1.69. The first-order valence-electron chi connectivity index (χ1n) is 8.68. The fraction of sp³-hybridized carbons (Fsp3) is 0.0909. The predicted octanol–water partition coefficient (Wildman–Crippen LogP) is 3.96. The van der Waals surface area contributed by atoms with Crippen molar-refractivity contribution in [1.29, 1.82) is 0 Å². The van der Waals surface area contributed by atoms with Gasteiger partial charge in [-0.3, -0.25) is 0 Å². The van der Waals surface area contributed by atoms with E-state index in [1.807, 2.05) is 60.7 Å². The molecule has 0 aliphatic carbocycles. The zero-order valence-electron chi connectivity index (χ0n) is 14.3. The highest BCUT2D eigenvalue weighted by Crippen LogP contribution is 2.32. The van der Waals surface area contributed by atoms with E-state index in [0.717, 1.165) is 21.9 Å². The third kappa shape index (κ3) is 2.83. The standard InChI is InChI=1S/C22H15NO4/c24-22-18(12-14-8-9-19-20(13-14)26-11-10-25-19)23-21(27-22)17-7-3-5-15-4-1-2-6-16(15)17/h1-9,12-13H,10-11H2. The lowest BCUT2D eigenvalue weighted by molar-refractivity contribution is -0.129. The number of benzene rings is 3. The van der Waals surface area contributed by atoms with E-state index < -0.39 is 5.97 Å². The van der Waals surface area contributed by atoms with Crippen LogP contribution in [0.15, 0.2) is 71.4 Å². The minimum absolute atomic E-state index is 0.259. The highest BCUT2D eigenvalue weighted by atomic mass is 16.6. The number of rotatable bonds is 2. The van der Waals surface area contributed by atoms with Gasteiger partial charge in [0.2, 0.25) is 5.90 Å². The van der Waals surface area contributed by atoms with Crippen LogP contribution < -0.4 is 9.47 Å². The second-order valence-corrected chi connectivity index (χ2v) is 6.27. The zero-order chi connectivity index (χ0) is 18.2. The Morgan fingerprint density at radius 3 is 2.63 bits per heavy atom. The van der Waals surface area contributed by atoms with Crippen LogP contribution in [0.5, 0.6) is 11.5 Å². The van der Waals surface area contributed by atoms with Gasteiger partial charge in [-0.15, -0.1) is 0 Å². The van der Waals surface area contributed by atoms with Gasteiger partial charge in [0.25, 0.3) is 0 Å². The maximum absolute atomic E-state index is 12.3. The molecule has 0 fully saturated rings. The lowest BCUT2D eigenvalue weighted by Crippen LogP contribution is -2.15. The zero-order valence-corrected chi connectivity index (χ0v) is 14.3. The normalized spacial score (nSPS) is 17.1. The highest BCUT2D eigenvalue weighted by molar-refractivity contribution is 6.17. The minimum atomic E-state index is -0.465. The molecule has 2 aliphatic rings. The lowest BCUT2D eigenvalue weighted by Gasteiger charge is -2.18. The summed E-state index contributed by atoms with van der Waals surface area (Å²) < 4.78 is 16.5. The van der Waals surface area contributed by atoms with Crippen molar-refractivity contribution in [1.82, 2.24) is 0 Å². The molecule has 0 N–H and O–H groups in total. The van der Waals surface area contributed by atoms with Gasteiger partial charge in [0, 0.05) is 5.56 Å². The first-order chi connectivity index (χ1) is 13.3. The van der Waals surface area contributed by atoms with Crippen LogP contribution in [0.3, 0.4) is 0 Å². The highest BCUT2D eigenvalue weighted by Gasteiger charge is 2.25. The van der Waals surface area contributed by atoms with Crippen molar-refractivity contribution in [2.24, 2.45) is 4.99 Å². The van der Waals surface area contributed by atoms with Crippen LogP contribution >= 0.6 is 0 Å². The van der Waals surface area contributed by atoms with Crippen LogP contribution in [-0.4, -0.2) is 25.1 Å². The molecule has 5 rings (SSSR count). The average Bonchev–Trinajstić information content (AvgIpc) is 3.07. The molecule has 3 aromatic carbocycles. The number of aliphatic imine (C=N–C) groups is 1. The summed E-state index contributed by atoms with van der Waals surface area (Å²) in [5, 5.41) is 2.06. The second kappa shape index (κ2) is 6.29. The van der Waals surface area contributed by atoms with E-state index in [9.17, 15) is 4.79 Å². The van der Waals surface area contributed by atoms with Gasteiger partial charge in [0.15, 0.2) is 17.2 Å². The minimum Gasteiger partial charge on any atom is -0.486 e. The van der Waals surface area contributed by atoms with Crippen LogP contribution in [0.1, 0.15) is 11.1 Å². The molecule has 132 valence electrons. The van der Waals surface area contributed by atoms with E-state index in [2.05, 4.69) is 4.99 Å². The number of nitrogens with zero attached hydrogens (tertiary/aromatic N) is 1. The molecule has 0 amide bonds. The summed E-state index contributed by atoms with van der Waals surface area (Å²) in [5.41, 5.74) is 1.86. The number of carbonyl (C=O) groups excluding carboxylic acids is 1. The Hall–Kier alpha value is -3.60. The molecule has 0 bridgehead atoms. The Morgan fingerprint density at radius 1 is 0.889 bits per heavy atom. The molecule has 0 saturated heterocycles. The largest absolute Gasteiger partial charge is 0.486 e. The van der Waals surface area contributed by atoms with Crippen molar-refractivity contribution in [2.75, 3.05) is 13.2 Å². The Bertz CT molecular complexity index is 1120. The summed E-state index contributed by atoms with van der Waals surface area (Å²) in [5.74, 6) is 1.23. The number of fused-ring (bicyclic) bond motifs is 2. The molecule has 2 heterocycles. The molecule has 0 atom stereocenters. The van der Waals surface area contributed by atoms with Gasteiger partial charge in [-0.2, -0.15) is 0 Å². The number of hydrogen-bond acceptors (Lipinski definition) is 5. The van der Waals surface area contributed by atoms with Crippen LogP contribution in [-0.2, 0) is 9.53 Å².